The average molecular weight is 333 g/mol. The van der Waals surface area contributed by atoms with E-state index in [1.54, 1.807) is 19.2 Å². The quantitative estimate of drug-likeness (QED) is 0.736. The Kier molecular flexibility index (Phi) is 5.78. The first-order chi connectivity index (χ1) is 11.4. The van der Waals surface area contributed by atoms with Crippen molar-refractivity contribution in [2.24, 2.45) is 5.92 Å². The van der Waals surface area contributed by atoms with Crippen molar-refractivity contribution < 1.29 is 19.1 Å². The molecule has 1 fully saturated rings. The number of carbonyl (C=O) groups excluding carboxylic acids is 3. The molecule has 1 saturated heterocycles. The minimum absolute atomic E-state index is 0.268. The maximum absolute atomic E-state index is 12.2. The van der Waals surface area contributed by atoms with Gasteiger partial charge in [-0.2, -0.15) is 0 Å². The maximum atomic E-state index is 12.2. The van der Waals surface area contributed by atoms with E-state index in [1.807, 2.05) is 26.0 Å². The third-order valence-electron chi connectivity index (χ3n) is 3.76. The van der Waals surface area contributed by atoms with Crippen LogP contribution in [0.1, 0.15) is 25.8 Å². The van der Waals surface area contributed by atoms with Crippen LogP contribution < -0.4 is 15.4 Å². The lowest BCUT2D eigenvalue weighted by Gasteiger charge is -2.14. The molecule has 2 rings (SSSR count). The van der Waals surface area contributed by atoms with Gasteiger partial charge in [-0.25, -0.2) is 4.79 Å². The number of hydrogen-bond acceptors (Lipinski definition) is 4. The number of rotatable bonds is 7. The highest BCUT2D eigenvalue weighted by molar-refractivity contribution is 6.06. The lowest BCUT2D eigenvalue weighted by molar-refractivity contribution is -0.132. The Labute approximate surface area is 141 Å². The van der Waals surface area contributed by atoms with Gasteiger partial charge < -0.3 is 15.4 Å². The molecule has 1 atom stereocenters. The normalized spacial score (nSPS) is 17.2. The van der Waals surface area contributed by atoms with Gasteiger partial charge in [0.15, 0.2) is 0 Å². The summed E-state index contributed by atoms with van der Waals surface area (Å²) in [5.74, 6) is 0.302. The smallest absolute Gasteiger partial charge is 0.325 e. The summed E-state index contributed by atoms with van der Waals surface area (Å²) >= 11 is 0. The van der Waals surface area contributed by atoms with Crippen molar-refractivity contribution in [3.63, 3.8) is 0 Å². The monoisotopic (exact) mass is 333 g/mol. The molecular weight excluding hydrogens is 310 g/mol. The van der Waals surface area contributed by atoms with Crippen LogP contribution in [0.15, 0.2) is 24.3 Å². The average Bonchev–Trinajstić information content (AvgIpc) is 2.80. The number of nitrogens with zero attached hydrogens (tertiary/aromatic N) is 1. The molecule has 0 radical (unpaired) electrons. The number of amides is 4. The zero-order chi connectivity index (χ0) is 17.7. The summed E-state index contributed by atoms with van der Waals surface area (Å²) in [6.45, 7) is 4.00. The molecule has 0 bridgehead atoms. The fourth-order valence-electron chi connectivity index (χ4n) is 2.50. The maximum Gasteiger partial charge on any atom is 0.325 e. The van der Waals surface area contributed by atoms with E-state index in [0.717, 1.165) is 16.2 Å². The van der Waals surface area contributed by atoms with Gasteiger partial charge in [0, 0.05) is 6.54 Å². The molecule has 130 valence electrons. The van der Waals surface area contributed by atoms with E-state index in [9.17, 15) is 14.4 Å². The molecule has 7 nitrogen and oxygen atoms in total. The third kappa shape index (κ3) is 4.47. The predicted molar refractivity (Wildman–Crippen MR) is 88.3 cm³/mol. The standard InChI is InChI=1S/C17H23N3O4/c1-11(2)8-14-16(22)20(17(23)19-14)10-15(21)18-9-12-4-6-13(24-3)7-5-12/h4-7,11,14H,8-10H2,1-3H3,(H,18,21)(H,19,23)/t14-/m1/s1. The number of benzene rings is 1. The van der Waals surface area contributed by atoms with Crippen LogP contribution in [-0.4, -0.2) is 42.4 Å². The Bertz CT molecular complexity index is 613. The summed E-state index contributed by atoms with van der Waals surface area (Å²) in [5.41, 5.74) is 0.902. The number of carbonyl (C=O) groups is 3. The SMILES string of the molecule is COc1ccc(CNC(=O)CN2C(=O)N[C@H](CC(C)C)C2=O)cc1. The lowest BCUT2D eigenvalue weighted by atomic mass is 10.0. The molecule has 24 heavy (non-hydrogen) atoms. The number of urea groups is 1. The Morgan fingerprint density at radius 2 is 1.96 bits per heavy atom. The molecule has 0 aromatic heterocycles. The zero-order valence-corrected chi connectivity index (χ0v) is 14.2. The van der Waals surface area contributed by atoms with E-state index in [0.29, 0.717) is 13.0 Å². The Hall–Kier alpha value is -2.57. The van der Waals surface area contributed by atoms with Crippen molar-refractivity contribution in [2.75, 3.05) is 13.7 Å². The van der Waals surface area contributed by atoms with Crippen molar-refractivity contribution in [1.82, 2.24) is 15.5 Å². The van der Waals surface area contributed by atoms with Crippen LogP contribution in [0.2, 0.25) is 0 Å². The van der Waals surface area contributed by atoms with Crippen molar-refractivity contribution in [3.8, 4) is 5.75 Å². The summed E-state index contributed by atoms with van der Waals surface area (Å²) in [6, 6.07) is 6.24. The van der Waals surface area contributed by atoms with Crippen LogP contribution in [0.5, 0.6) is 5.75 Å². The Morgan fingerprint density at radius 3 is 2.54 bits per heavy atom. The summed E-state index contributed by atoms with van der Waals surface area (Å²) in [7, 11) is 1.58. The number of hydrogen-bond donors (Lipinski definition) is 2. The second-order valence-corrected chi connectivity index (χ2v) is 6.18. The first-order valence-electron chi connectivity index (χ1n) is 7.92. The topological polar surface area (TPSA) is 87.7 Å². The molecule has 4 amide bonds. The number of methoxy groups -OCH3 is 1. The van der Waals surface area contributed by atoms with Gasteiger partial charge in [0.05, 0.1) is 7.11 Å². The lowest BCUT2D eigenvalue weighted by Crippen LogP contribution is -2.41. The van der Waals surface area contributed by atoms with Crippen LogP contribution in [-0.2, 0) is 16.1 Å². The van der Waals surface area contributed by atoms with Gasteiger partial charge >= 0.3 is 6.03 Å². The van der Waals surface area contributed by atoms with Crippen LogP contribution in [0.4, 0.5) is 4.79 Å². The second kappa shape index (κ2) is 7.81. The van der Waals surface area contributed by atoms with E-state index in [4.69, 9.17) is 4.74 Å². The van der Waals surface area contributed by atoms with Crippen LogP contribution in [0.3, 0.4) is 0 Å². The number of imide groups is 1. The van der Waals surface area contributed by atoms with Gasteiger partial charge in [-0.3, -0.25) is 14.5 Å². The molecular formula is C17H23N3O4. The van der Waals surface area contributed by atoms with E-state index < -0.39 is 12.1 Å². The van der Waals surface area contributed by atoms with Gasteiger partial charge in [0.1, 0.15) is 18.3 Å². The van der Waals surface area contributed by atoms with E-state index in [1.165, 1.54) is 0 Å². The molecule has 0 spiro atoms. The van der Waals surface area contributed by atoms with Crippen molar-refractivity contribution in [1.29, 1.82) is 0 Å². The summed E-state index contributed by atoms with van der Waals surface area (Å²) in [4.78, 5) is 37.0. The third-order valence-corrected chi connectivity index (χ3v) is 3.76. The van der Waals surface area contributed by atoms with Gasteiger partial charge in [-0.15, -0.1) is 0 Å². The fraction of sp³-hybridized carbons (Fsp3) is 0.471. The highest BCUT2D eigenvalue weighted by Gasteiger charge is 2.38. The van der Waals surface area contributed by atoms with Crippen molar-refractivity contribution in [2.45, 2.75) is 32.9 Å². The van der Waals surface area contributed by atoms with Crippen LogP contribution in [0, 0.1) is 5.92 Å². The summed E-state index contributed by atoms with van der Waals surface area (Å²) in [6.07, 6.45) is 0.564. The molecule has 0 unspecified atom stereocenters. The Balaban J connectivity index is 1.85. The van der Waals surface area contributed by atoms with Crippen molar-refractivity contribution in [3.05, 3.63) is 29.8 Å². The first kappa shape index (κ1) is 17.8. The summed E-state index contributed by atoms with van der Waals surface area (Å²) in [5, 5.41) is 5.33. The first-order valence-corrected chi connectivity index (χ1v) is 7.92. The summed E-state index contributed by atoms with van der Waals surface area (Å²) < 4.78 is 5.07. The van der Waals surface area contributed by atoms with Crippen LogP contribution in [0.25, 0.3) is 0 Å². The highest BCUT2D eigenvalue weighted by Crippen LogP contribution is 2.14. The minimum atomic E-state index is -0.535. The molecule has 7 heteroatoms. The van der Waals surface area contributed by atoms with Gasteiger partial charge in [0.2, 0.25) is 5.91 Å². The fourth-order valence-corrected chi connectivity index (χ4v) is 2.50. The second-order valence-electron chi connectivity index (χ2n) is 6.18. The number of ether oxygens (including phenoxy) is 1. The van der Waals surface area contributed by atoms with Gasteiger partial charge in [0.25, 0.3) is 5.91 Å². The van der Waals surface area contributed by atoms with Crippen LogP contribution >= 0.6 is 0 Å². The molecule has 1 aromatic rings. The predicted octanol–water partition coefficient (Wildman–Crippen LogP) is 1.28. The van der Waals surface area contributed by atoms with Crippen molar-refractivity contribution >= 4 is 17.8 Å². The molecule has 2 N–H and O–H groups in total. The molecule has 1 aromatic carbocycles. The van der Waals surface area contributed by atoms with Gasteiger partial charge in [-0.05, 0) is 30.0 Å². The van der Waals surface area contributed by atoms with E-state index in [2.05, 4.69) is 10.6 Å². The molecule has 0 saturated carbocycles. The highest BCUT2D eigenvalue weighted by atomic mass is 16.5. The molecule has 1 aliphatic heterocycles. The molecule has 1 aliphatic rings. The number of nitrogens with one attached hydrogen (secondary N) is 2. The van der Waals surface area contributed by atoms with E-state index in [-0.39, 0.29) is 24.3 Å². The largest absolute Gasteiger partial charge is 0.497 e. The Morgan fingerprint density at radius 1 is 1.29 bits per heavy atom. The van der Waals surface area contributed by atoms with Gasteiger partial charge in [-0.1, -0.05) is 26.0 Å². The zero-order valence-electron chi connectivity index (χ0n) is 14.2. The molecule has 1 heterocycles. The molecule has 0 aliphatic carbocycles. The van der Waals surface area contributed by atoms with E-state index >= 15 is 0 Å². The minimum Gasteiger partial charge on any atom is -0.497 e.